The van der Waals surface area contributed by atoms with E-state index in [1.807, 2.05) is 18.2 Å². The number of nitrogens with two attached hydrogens (primary N) is 1. The van der Waals surface area contributed by atoms with E-state index in [0.717, 1.165) is 17.8 Å². The third-order valence-corrected chi connectivity index (χ3v) is 2.61. The highest BCUT2D eigenvalue weighted by molar-refractivity contribution is 5.48. The van der Waals surface area contributed by atoms with Crippen molar-refractivity contribution in [2.75, 3.05) is 11.1 Å². The van der Waals surface area contributed by atoms with E-state index in [-0.39, 0.29) is 0 Å². The average Bonchev–Trinajstić information content (AvgIpc) is 2.37. The van der Waals surface area contributed by atoms with Crippen LogP contribution in [0.4, 0.5) is 24.7 Å². The molecule has 0 saturated heterocycles. The van der Waals surface area contributed by atoms with Gasteiger partial charge in [0.2, 0.25) is 0 Å². The fraction of sp³-hybridized carbons (Fsp3) is 0.154. The number of halogens is 3. The van der Waals surface area contributed by atoms with Crippen molar-refractivity contribution < 1.29 is 13.2 Å². The Hall–Kier alpha value is -2.24. The first-order valence-corrected chi connectivity index (χ1v) is 5.57. The number of nitrogen functional groups attached to an aromatic ring is 1. The van der Waals surface area contributed by atoms with Gasteiger partial charge in [-0.15, -0.1) is 0 Å². The van der Waals surface area contributed by atoms with Gasteiger partial charge in [-0.05, 0) is 23.8 Å². The molecule has 0 amide bonds. The zero-order valence-electron chi connectivity index (χ0n) is 9.91. The summed E-state index contributed by atoms with van der Waals surface area (Å²) >= 11 is 0. The number of para-hydroxylation sites is 1. The fourth-order valence-electron chi connectivity index (χ4n) is 1.55. The predicted molar refractivity (Wildman–Crippen MR) is 67.4 cm³/mol. The SMILES string of the molecule is Nc1ccccc1CNc1ccc(C(F)(F)F)cn1. The molecule has 0 aliphatic rings. The Morgan fingerprint density at radius 3 is 2.42 bits per heavy atom. The van der Waals surface area contributed by atoms with Gasteiger partial charge in [0.05, 0.1) is 5.56 Å². The number of nitrogens with one attached hydrogen (secondary N) is 1. The first-order valence-electron chi connectivity index (χ1n) is 5.57. The van der Waals surface area contributed by atoms with Gasteiger partial charge < -0.3 is 11.1 Å². The Morgan fingerprint density at radius 1 is 1.11 bits per heavy atom. The van der Waals surface area contributed by atoms with Gasteiger partial charge in [-0.2, -0.15) is 13.2 Å². The van der Waals surface area contributed by atoms with Gasteiger partial charge >= 0.3 is 6.18 Å². The van der Waals surface area contributed by atoms with E-state index in [9.17, 15) is 13.2 Å². The molecular weight excluding hydrogens is 255 g/mol. The van der Waals surface area contributed by atoms with Crippen molar-refractivity contribution in [1.82, 2.24) is 4.98 Å². The molecule has 0 unspecified atom stereocenters. The highest BCUT2D eigenvalue weighted by atomic mass is 19.4. The molecule has 100 valence electrons. The minimum atomic E-state index is -4.37. The Bertz CT molecular complexity index is 550. The van der Waals surface area contributed by atoms with E-state index in [0.29, 0.717) is 18.1 Å². The molecule has 0 saturated carbocycles. The number of anilines is 2. The summed E-state index contributed by atoms with van der Waals surface area (Å²) in [5.41, 5.74) is 6.48. The maximum Gasteiger partial charge on any atom is 0.417 e. The van der Waals surface area contributed by atoms with Crippen molar-refractivity contribution in [3.05, 3.63) is 53.7 Å². The Balaban J connectivity index is 2.03. The van der Waals surface area contributed by atoms with Crippen LogP contribution in [0.25, 0.3) is 0 Å². The summed E-state index contributed by atoms with van der Waals surface area (Å²) in [6.07, 6.45) is -3.56. The molecule has 3 nitrogen and oxygen atoms in total. The maximum atomic E-state index is 12.3. The first kappa shape index (κ1) is 13.2. The molecular formula is C13H12F3N3. The third kappa shape index (κ3) is 3.37. The molecule has 0 radical (unpaired) electrons. The zero-order valence-corrected chi connectivity index (χ0v) is 9.91. The number of benzene rings is 1. The molecule has 6 heteroatoms. The molecule has 2 rings (SSSR count). The van der Waals surface area contributed by atoms with Gasteiger partial charge in [-0.1, -0.05) is 18.2 Å². The fourth-order valence-corrected chi connectivity index (χ4v) is 1.55. The molecule has 0 atom stereocenters. The van der Waals surface area contributed by atoms with E-state index in [1.165, 1.54) is 6.07 Å². The van der Waals surface area contributed by atoms with Gasteiger partial charge in [0, 0.05) is 18.4 Å². The van der Waals surface area contributed by atoms with Crippen LogP contribution in [0.2, 0.25) is 0 Å². The Labute approximate surface area is 108 Å². The lowest BCUT2D eigenvalue weighted by Gasteiger charge is -2.09. The molecule has 0 bridgehead atoms. The second-order valence-corrected chi connectivity index (χ2v) is 3.98. The summed E-state index contributed by atoms with van der Waals surface area (Å²) in [6.45, 7) is 0.408. The van der Waals surface area contributed by atoms with E-state index in [1.54, 1.807) is 6.07 Å². The smallest absolute Gasteiger partial charge is 0.398 e. The average molecular weight is 267 g/mol. The molecule has 1 heterocycles. The lowest BCUT2D eigenvalue weighted by atomic mass is 10.2. The monoisotopic (exact) mass is 267 g/mol. The lowest BCUT2D eigenvalue weighted by Crippen LogP contribution is -2.07. The molecule has 2 aromatic rings. The quantitative estimate of drug-likeness (QED) is 0.839. The number of alkyl halides is 3. The highest BCUT2D eigenvalue weighted by Gasteiger charge is 2.30. The number of rotatable bonds is 3. The van der Waals surface area contributed by atoms with Crippen LogP contribution in [0.15, 0.2) is 42.6 Å². The van der Waals surface area contributed by atoms with Gasteiger partial charge in [-0.25, -0.2) is 4.98 Å². The number of nitrogens with zero attached hydrogens (tertiary/aromatic N) is 1. The summed E-state index contributed by atoms with van der Waals surface area (Å²) in [6, 6.07) is 9.54. The molecule has 19 heavy (non-hydrogen) atoms. The number of hydrogen-bond acceptors (Lipinski definition) is 3. The van der Waals surface area contributed by atoms with Gasteiger partial charge in [-0.3, -0.25) is 0 Å². The van der Waals surface area contributed by atoms with Crippen molar-refractivity contribution in [3.63, 3.8) is 0 Å². The van der Waals surface area contributed by atoms with Gasteiger partial charge in [0.25, 0.3) is 0 Å². The van der Waals surface area contributed by atoms with E-state index >= 15 is 0 Å². The second-order valence-electron chi connectivity index (χ2n) is 3.98. The predicted octanol–water partition coefficient (Wildman–Crippen LogP) is 3.29. The molecule has 1 aromatic carbocycles. The zero-order chi connectivity index (χ0) is 13.9. The first-order chi connectivity index (χ1) is 8.97. The molecule has 0 spiro atoms. The molecule has 3 N–H and O–H groups in total. The van der Waals surface area contributed by atoms with Crippen LogP contribution in [-0.2, 0) is 12.7 Å². The summed E-state index contributed by atoms with van der Waals surface area (Å²) in [5.74, 6) is 0.372. The number of aromatic nitrogens is 1. The van der Waals surface area contributed by atoms with E-state index in [4.69, 9.17) is 5.73 Å². The molecule has 1 aromatic heterocycles. The normalized spacial score (nSPS) is 11.3. The van der Waals surface area contributed by atoms with Crippen LogP contribution in [0, 0.1) is 0 Å². The maximum absolute atomic E-state index is 12.3. The summed E-state index contributed by atoms with van der Waals surface area (Å²) < 4.78 is 37.0. The van der Waals surface area contributed by atoms with Crippen molar-refractivity contribution in [2.45, 2.75) is 12.7 Å². The van der Waals surface area contributed by atoms with Crippen molar-refractivity contribution in [2.24, 2.45) is 0 Å². The minimum absolute atomic E-state index is 0.372. The summed E-state index contributed by atoms with van der Waals surface area (Å²) in [4.78, 5) is 3.72. The van der Waals surface area contributed by atoms with Gasteiger partial charge in [0.1, 0.15) is 5.82 Å². The largest absolute Gasteiger partial charge is 0.417 e. The van der Waals surface area contributed by atoms with Crippen molar-refractivity contribution >= 4 is 11.5 Å². The Kier molecular flexibility index (Phi) is 3.59. The van der Waals surface area contributed by atoms with Gasteiger partial charge in [0.15, 0.2) is 0 Å². The van der Waals surface area contributed by atoms with Crippen LogP contribution in [0.5, 0.6) is 0 Å². The summed E-state index contributed by atoms with van der Waals surface area (Å²) in [5, 5.41) is 2.92. The van der Waals surface area contributed by atoms with Crippen molar-refractivity contribution in [3.8, 4) is 0 Å². The van der Waals surface area contributed by atoms with Crippen LogP contribution in [0.3, 0.4) is 0 Å². The van der Waals surface area contributed by atoms with Crippen LogP contribution in [0.1, 0.15) is 11.1 Å². The summed E-state index contributed by atoms with van der Waals surface area (Å²) in [7, 11) is 0. The number of pyridine rings is 1. The van der Waals surface area contributed by atoms with Crippen molar-refractivity contribution in [1.29, 1.82) is 0 Å². The Morgan fingerprint density at radius 2 is 1.84 bits per heavy atom. The second kappa shape index (κ2) is 5.17. The standard InChI is InChI=1S/C13H12F3N3/c14-13(15,16)10-5-6-12(19-8-10)18-7-9-3-1-2-4-11(9)17/h1-6,8H,7,17H2,(H,18,19). The number of hydrogen-bond donors (Lipinski definition) is 2. The lowest BCUT2D eigenvalue weighted by molar-refractivity contribution is -0.137. The highest BCUT2D eigenvalue weighted by Crippen LogP contribution is 2.28. The van der Waals surface area contributed by atoms with Crippen LogP contribution >= 0.6 is 0 Å². The minimum Gasteiger partial charge on any atom is -0.398 e. The van der Waals surface area contributed by atoms with Crippen LogP contribution < -0.4 is 11.1 Å². The molecule has 0 aliphatic heterocycles. The topological polar surface area (TPSA) is 50.9 Å². The molecule has 0 aliphatic carbocycles. The third-order valence-electron chi connectivity index (χ3n) is 2.61. The molecule has 0 fully saturated rings. The van der Waals surface area contributed by atoms with E-state index < -0.39 is 11.7 Å². The van der Waals surface area contributed by atoms with Crippen LogP contribution in [-0.4, -0.2) is 4.98 Å². The van der Waals surface area contributed by atoms with E-state index in [2.05, 4.69) is 10.3 Å².